The third kappa shape index (κ3) is 4.34. The minimum absolute atomic E-state index is 0.0792. The molecule has 0 radical (unpaired) electrons. The van der Waals surface area contributed by atoms with Crippen molar-refractivity contribution in [3.63, 3.8) is 0 Å². The van der Waals surface area contributed by atoms with Crippen molar-refractivity contribution in [3.05, 3.63) is 54.6 Å². The maximum atomic E-state index is 12.0. The van der Waals surface area contributed by atoms with Crippen molar-refractivity contribution in [3.8, 4) is 0 Å². The smallest absolute Gasteiger partial charge is 0.314 e. The van der Waals surface area contributed by atoms with Gasteiger partial charge >= 0.3 is 6.03 Å². The average Bonchev–Trinajstić information content (AvgIpc) is 3.04. The Labute approximate surface area is 137 Å². The first kappa shape index (κ1) is 15.6. The Bertz CT molecular complexity index is 605. The molecule has 5 nitrogen and oxygen atoms in total. The highest BCUT2D eigenvalue weighted by Gasteiger charge is 2.37. The van der Waals surface area contributed by atoms with E-state index >= 15 is 0 Å². The molecule has 1 aliphatic rings. The number of nitrogens with one attached hydrogen (secondary N) is 2. The topological polar surface area (TPSA) is 59.0 Å². The average molecular weight is 312 g/mol. The van der Waals surface area contributed by atoms with Crippen LogP contribution >= 0.6 is 0 Å². The van der Waals surface area contributed by atoms with Gasteiger partial charge in [-0.25, -0.2) is 9.78 Å². The van der Waals surface area contributed by atoms with Crippen LogP contribution in [-0.4, -0.2) is 28.7 Å². The number of rotatable bonds is 7. The van der Waals surface area contributed by atoms with E-state index in [1.54, 1.807) is 12.5 Å². The molecular formula is C18H24N4O. The summed E-state index contributed by atoms with van der Waals surface area (Å²) in [5.74, 6) is 0. The number of aromatic nitrogens is 2. The van der Waals surface area contributed by atoms with Crippen LogP contribution in [0.25, 0.3) is 0 Å². The molecular weight excluding hydrogens is 288 g/mol. The van der Waals surface area contributed by atoms with E-state index in [0.717, 1.165) is 19.5 Å². The molecule has 122 valence electrons. The first-order valence-electron chi connectivity index (χ1n) is 8.27. The Morgan fingerprint density at radius 3 is 2.70 bits per heavy atom. The number of hydrogen-bond donors (Lipinski definition) is 2. The normalized spacial score (nSPS) is 15.7. The zero-order valence-corrected chi connectivity index (χ0v) is 13.4. The monoisotopic (exact) mass is 312 g/mol. The maximum Gasteiger partial charge on any atom is 0.314 e. The van der Waals surface area contributed by atoms with E-state index < -0.39 is 0 Å². The highest BCUT2D eigenvalue weighted by Crippen LogP contribution is 2.43. The van der Waals surface area contributed by atoms with Crippen molar-refractivity contribution in [1.29, 1.82) is 0 Å². The highest BCUT2D eigenvalue weighted by molar-refractivity contribution is 5.73. The molecule has 0 bridgehead atoms. The summed E-state index contributed by atoms with van der Waals surface area (Å²) >= 11 is 0. The Balaban J connectivity index is 1.41. The van der Waals surface area contributed by atoms with Gasteiger partial charge in [-0.15, -0.1) is 0 Å². The molecule has 23 heavy (non-hydrogen) atoms. The maximum absolute atomic E-state index is 12.0. The van der Waals surface area contributed by atoms with Gasteiger partial charge in [-0.05, 0) is 30.2 Å². The number of amides is 2. The lowest BCUT2D eigenvalue weighted by molar-refractivity contribution is 0.131. The predicted molar refractivity (Wildman–Crippen MR) is 90.1 cm³/mol. The fraction of sp³-hybridized carbons (Fsp3) is 0.444. The number of imidazole rings is 1. The third-order valence-corrected chi connectivity index (χ3v) is 4.67. The minimum atomic E-state index is -0.0792. The van der Waals surface area contributed by atoms with E-state index in [4.69, 9.17) is 0 Å². The second-order valence-electron chi connectivity index (χ2n) is 6.43. The molecule has 2 N–H and O–H groups in total. The van der Waals surface area contributed by atoms with E-state index in [9.17, 15) is 4.79 Å². The zero-order valence-electron chi connectivity index (χ0n) is 13.4. The van der Waals surface area contributed by atoms with Crippen LogP contribution in [0.1, 0.15) is 24.8 Å². The molecule has 0 atom stereocenters. The zero-order chi connectivity index (χ0) is 16.0. The fourth-order valence-electron chi connectivity index (χ4n) is 3.17. The van der Waals surface area contributed by atoms with Gasteiger partial charge in [0.2, 0.25) is 0 Å². The molecule has 1 heterocycles. The van der Waals surface area contributed by atoms with E-state index in [1.807, 2.05) is 16.8 Å². The minimum Gasteiger partial charge on any atom is -0.338 e. The number of carbonyl (C=O) groups is 1. The summed E-state index contributed by atoms with van der Waals surface area (Å²) in [5.41, 5.74) is 1.60. The predicted octanol–water partition coefficient (Wildman–Crippen LogP) is 2.60. The SMILES string of the molecule is O=C(NCCn1ccnc1)NCC1(Cc2ccccc2)CCC1. The molecule has 1 aromatic heterocycles. The first-order valence-corrected chi connectivity index (χ1v) is 8.27. The second kappa shape index (κ2) is 7.31. The van der Waals surface area contributed by atoms with Gasteiger partial charge in [0.05, 0.1) is 6.33 Å². The molecule has 0 spiro atoms. The second-order valence-corrected chi connectivity index (χ2v) is 6.43. The van der Waals surface area contributed by atoms with E-state index in [0.29, 0.717) is 6.54 Å². The molecule has 0 unspecified atom stereocenters. The number of urea groups is 1. The van der Waals surface area contributed by atoms with Crippen LogP contribution in [-0.2, 0) is 13.0 Å². The largest absolute Gasteiger partial charge is 0.338 e. The standard InChI is InChI=1S/C18H24N4O/c23-17(20-10-12-22-11-9-19-15-22)21-14-18(7-4-8-18)13-16-5-2-1-3-6-16/h1-3,5-6,9,11,15H,4,7-8,10,12-14H2,(H2,20,21,23). The van der Waals surface area contributed by atoms with Crippen LogP contribution < -0.4 is 10.6 Å². The lowest BCUT2D eigenvalue weighted by Gasteiger charge is -2.42. The van der Waals surface area contributed by atoms with Gasteiger partial charge in [-0.1, -0.05) is 36.8 Å². The molecule has 1 fully saturated rings. The highest BCUT2D eigenvalue weighted by atomic mass is 16.2. The Morgan fingerprint density at radius 1 is 1.22 bits per heavy atom. The molecule has 2 aromatic rings. The molecule has 0 aliphatic heterocycles. The summed E-state index contributed by atoms with van der Waals surface area (Å²) in [7, 11) is 0. The van der Waals surface area contributed by atoms with Gasteiger partial charge in [-0.2, -0.15) is 0 Å². The van der Waals surface area contributed by atoms with Gasteiger partial charge in [0.15, 0.2) is 0 Å². The van der Waals surface area contributed by atoms with Crippen molar-refractivity contribution in [2.24, 2.45) is 5.41 Å². The quantitative estimate of drug-likeness (QED) is 0.825. The van der Waals surface area contributed by atoms with E-state index in [2.05, 4.69) is 39.9 Å². The van der Waals surface area contributed by atoms with Gasteiger partial charge in [0, 0.05) is 32.0 Å². The van der Waals surface area contributed by atoms with Crippen LogP contribution in [0.5, 0.6) is 0 Å². The molecule has 5 heteroatoms. The summed E-state index contributed by atoms with van der Waals surface area (Å²) in [6.07, 6.45) is 10.1. The Morgan fingerprint density at radius 2 is 2.04 bits per heavy atom. The molecule has 1 aromatic carbocycles. The fourth-order valence-corrected chi connectivity index (χ4v) is 3.17. The van der Waals surface area contributed by atoms with Crippen LogP contribution in [0, 0.1) is 5.41 Å². The number of benzene rings is 1. The van der Waals surface area contributed by atoms with Crippen molar-refractivity contribution in [1.82, 2.24) is 20.2 Å². The van der Waals surface area contributed by atoms with Crippen LogP contribution in [0.2, 0.25) is 0 Å². The van der Waals surface area contributed by atoms with Crippen LogP contribution in [0.3, 0.4) is 0 Å². The van der Waals surface area contributed by atoms with Crippen molar-refractivity contribution in [2.75, 3.05) is 13.1 Å². The molecule has 0 saturated heterocycles. The summed E-state index contributed by atoms with van der Waals surface area (Å²) in [4.78, 5) is 15.9. The summed E-state index contributed by atoms with van der Waals surface area (Å²) < 4.78 is 1.95. The summed E-state index contributed by atoms with van der Waals surface area (Å²) in [6.45, 7) is 2.09. The van der Waals surface area contributed by atoms with Gasteiger partial charge < -0.3 is 15.2 Å². The third-order valence-electron chi connectivity index (χ3n) is 4.67. The Kier molecular flexibility index (Phi) is 4.95. The van der Waals surface area contributed by atoms with Crippen molar-refractivity contribution in [2.45, 2.75) is 32.2 Å². The molecule has 3 rings (SSSR count). The Hall–Kier alpha value is -2.30. The molecule has 2 amide bonds. The summed E-state index contributed by atoms with van der Waals surface area (Å²) in [5, 5.41) is 5.96. The van der Waals surface area contributed by atoms with E-state index in [1.165, 1.54) is 24.8 Å². The lowest BCUT2D eigenvalue weighted by atomic mass is 9.65. The first-order chi connectivity index (χ1) is 11.3. The lowest BCUT2D eigenvalue weighted by Crippen LogP contribution is -2.47. The summed E-state index contributed by atoms with van der Waals surface area (Å²) in [6, 6.07) is 10.5. The van der Waals surface area contributed by atoms with Crippen LogP contribution in [0.4, 0.5) is 4.79 Å². The number of nitrogens with zero attached hydrogens (tertiary/aromatic N) is 2. The van der Waals surface area contributed by atoms with Crippen molar-refractivity contribution >= 4 is 6.03 Å². The molecule has 1 aliphatic carbocycles. The molecule has 1 saturated carbocycles. The van der Waals surface area contributed by atoms with Gasteiger partial charge in [0.25, 0.3) is 0 Å². The van der Waals surface area contributed by atoms with Gasteiger partial charge in [-0.3, -0.25) is 0 Å². The number of carbonyl (C=O) groups excluding carboxylic acids is 1. The van der Waals surface area contributed by atoms with Gasteiger partial charge in [0.1, 0.15) is 0 Å². The number of hydrogen-bond acceptors (Lipinski definition) is 2. The van der Waals surface area contributed by atoms with E-state index in [-0.39, 0.29) is 11.4 Å². The van der Waals surface area contributed by atoms with Crippen LogP contribution in [0.15, 0.2) is 49.1 Å². The van der Waals surface area contributed by atoms with Crippen molar-refractivity contribution < 1.29 is 4.79 Å².